The van der Waals surface area contributed by atoms with Gasteiger partial charge in [0.1, 0.15) is 5.75 Å². The van der Waals surface area contributed by atoms with E-state index in [9.17, 15) is 5.11 Å². The van der Waals surface area contributed by atoms with Crippen molar-refractivity contribution < 1.29 is 9.84 Å². The quantitative estimate of drug-likeness (QED) is 0.870. The minimum Gasteiger partial charge on any atom is -0.496 e. The Morgan fingerprint density at radius 3 is 2.43 bits per heavy atom. The van der Waals surface area contributed by atoms with Crippen LogP contribution < -0.4 is 4.74 Å². The van der Waals surface area contributed by atoms with Crippen molar-refractivity contribution in [3.05, 3.63) is 64.1 Å². The molecule has 0 heterocycles. The zero-order chi connectivity index (χ0) is 15.5. The fourth-order valence-corrected chi connectivity index (χ4v) is 2.84. The molecule has 112 valence electrons. The second-order valence-electron chi connectivity index (χ2n) is 5.76. The van der Waals surface area contributed by atoms with Crippen molar-refractivity contribution in [2.24, 2.45) is 0 Å². The molecule has 2 rings (SSSR count). The maximum absolute atomic E-state index is 10.7. The van der Waals surface area contributed by atoms with E-state index < -0.39 is 6.10 Å². The standard InChI is InChI=1S/C18H21BrO2/c1-18(2,14-7-5-4-6-8-14)17(20)12-13-11-15(19)9-10-16(13)21-3/h4-11,17,20H,12H2,1-3H3. The van der Waals surface area contributed by atoms with Crippen LogP contribution in [0.25, 0.3) is 0 Å². The fourth-order valence-electron chi connectivity index (χ4n) is 2.43. The molecule has 0 bridgehead atoms. The van der Waals surface area contributed by atoms with Gasteiger partial charge in [0.05, 0.1) is 13.2 Å². The zero-order valence-electron chi connectivity index (χ0n) is 12.6. The Balaban J connectivity index is 2.25. The van der Waals surface area contributed by atoms with E-state index in [0.29, 0.717) is 6.42 Å². The summed E-state index contributed by atoms with van der Waals surface area (Å²) in [6.07, 6.45) is 0.0490. The molecule has 0 saturated heterocycles. The minimum absolute atomic E-state index is 0.325. The molecule has 2 aromatic rings. The molecule has 0 radical (unpaired) electrons. The number of aliphatic hydroxyl groups is 1. The SMILES string of the molecule is COc1ccc(Br)cc1CC(O)C(C)(C)c1ccccc1. The van der Waals surface area contributed by atoms with E-state index in [-0.39, 0.29) is 5.41 Å². The predicted octanol–water partition coefficient (Wildman–Crippen LogP) is 4.34. The van der Waals surface area contributed by atoms with E-state index >= 15 is 0 Å². The third-order valence-electron chi connectivity index (χ3n) is 4.01. The molecule has 3 heteroatoms. The molecule has 21 heavy (non-hydrogen) atoms. The summed E-state index contributed by atoms with van der Waals surface area (Å²) in [5.74, 6) is 0.807. The summed E-state index contributed by atoms with van der Waals surface area (Å²) in [4.78, 5) is 0. The second kappa shape index (κ2) is 6.63. The van der Waals surface area contributed by atoms with Gasteiger partial charge in [-0.2, -0.15) is 0 Å². The first-order valence-corrected chi connectivity index (χ1v) is 7.80. The molecule has 0 saturated carbocycles. The van der Waals surface area contributed by atoms with Gasteiger partial charge >= 0.3 is 0 Å². The number of aliphatic hydroxyl groups excluding tert-OH is 1. The molecule has 0 spiro atoms. The highest BCUT2D eigenvalue weighted by Crippen LogP contribution is 2.32. The Labute approximate surface area is 134 Å². The Hall–Kier alpha value is -1.32. The molecule has 2 aromatic carbocycles. The van der Waals surface area contributed by atoms with E-state index in [1.54, 1.807) is 7.11 Å². The summed E-state index contributed by atoms with van der Waals surface area (Å²) in [7, 11) is 1.65. The first-order chi connectivity index (χ1) is 9.95. The zero-order valence-corrected chi connectivity index (χ0v) is 14.2. The molecule has 1 unspecified atom stereocenters. The summed E-state index contributed by atoms with van der Waals surface area (Å²) in [6, 6.07) is 16.0. The van der Waals surface area contributed by atoms with Crippen LogP contribution in [0.15, 0.2) is 53.0 Å². The maximum atomic E-state index is 10.7. The molecular formula is C18H21BrO2. The van der Waals surface area contributed by atoms with Crippen molar-refractivity contribution >= 4 is 15.9 Å². The van der Waals surface area contributed by atoms with Crippen molar-refractivity contribution in [2.75, 3.05) is 7.11 Å². The molecule has 1 N–H and O–H groups in total. The average Bonchev–Trinajstić information content (AvgIpc) is 2.48. The fraction of sp³-hybridized carbons (Fsp3) is 0.333. The largest absolute Gasteiger partial charge is 0.496 e. The number of hydrogen-bond donors (Lipinski definition) is 1. The summed E-state index contributed by atoms with van der Waals surface area (Å²) < 4.78 is 6.38. The molecular weight excluding hydrogens is 328 g/mol. The predicted molar refractivity (Wildman–Crippen MR) is 89.9 cm³/mol. The van der Waals surface area contributed by atoms with Gasteiger partial charge in [-0.1, -0.05) is 60.1 Å². The smallest absolute Gasteiger partial charge is 0.122 e. The Bertz CT molecular complexity index is 593. The van der Waals surface area contributed by atoms with Gasteiger partial charge in [0.25, 0.3) is 0 Å². The van der Waals surface area contributed by atoms with Gasteiger partial charge in [-0.25, -0.2) is 0 Å². The molecule has 0 aromatic heterocycles. The van der Waals surface area contributed by atoms with Gasteiger partial charge in [0.15, 0.2) is 0 Å². The minimum atomic E-state index is -0.497. The van der Waals surface area contributed by atoms with Crippen LogP contribution in [0.1, 0.15) is 25.0 Å². The van der Waals surface area contributed by atoms with Crippen molar-refractivity contribution in [3.8, 4) is 5.75 Å². The number of benzene rings is 2. The van der Waals surface area contributed by atoms with Crippen LogP contribution in [0, 0.1) is 0 Å². The van der Waals surface area contributed by atoms with Gasteiger partial charge in [-0.05, 0) is 29.3 Å². The Morgan fingerprint density at radius 2 is 1.81 bits per heavy atom. The van der Waals surface area contributed by atoms with E-state index in [1.807, 2.05) is 36.4 Å². The van der Waals surface area contributed by atoms with Crippen LogP contribution >= 0.6 is 15.9 Å². The average molecular weight is 349 g/mol. The van der Waals surface area contributed by atoms with Gasteiger partial charge in [-0.15, -0.1) is 0 Å². The van der Waals surface area contributed by atoms with Crippen LogP contribution in [-0.2, 0) is 11.8 Å². The number of ether oxygens (including phenoxy) is 1. The second-order valence-corrected chi connectivity index (χ2v) is 6.68. The van der Waals surface area contributed by atoms with Gasteiger partial charge in [-0.3, -0.25) is 0 Å². The molecule has 0 amide bonds. The topological polar surface area (TPSA) is 29.5 Å². The summed E-state index contributed by atoms with van der Waals surface area (Å²) in [5, 5.41) is 10.7. The Kier molecular flexibility index (Phi) is 5.07. The van der Waals surface area contributed by atoms with Crippen molar-refractivity contribution in [2.45, 2.75) is 31.8 Å². The first-order valence-electron chi connectivity index (χ1n) is 7.01. The van der Waals surface area contributed by atoms with Gasteiger partial charge < -0.3 is 9.84 Å². The highest BCUT2D eigenvalue weighted by Gasteiger charge is 2.30. The molecule has 0 aliphatic rings. The molecule has 0 aliphatic heterocycles. The third-order valence-corrected chi connectivity index (χ3v) is 4.50. The maximum Gasteiger partial charge on any atom is 0.122 e. The summed E-state index contributed by atoms with van der Waals surface area (Å²) >= 11 is 3.47. The molecule has 2 nitrogen and oxygen atoms in total. The Morgan fingerprint density at radius 1 is 1.14 bits per heavy atom. The summed E-state index contributed by atoms with van der Waals surface area (Å²) in [5.41, 5.74) is 1.81. The molecule has 0 aliphatic carbocycles. The highest BCUT2D eigenvalue weighted by atomic mass is 79.9. The van der Waals surface area contributed by atoms with Crippen molar-refractivity contribution in [1.82, 2.24) is 0 Å². The number of rotatable bonds is 5. The molecule has 0 fully saturated rings. The third kappa shape index (κ3) is 3.66. The van der Waals surface area contributed by atoms with Crippen LogP contribution in [0.3, 0.4) is 0 Å². The van der Waals surface area contributed by atoms with Crippen LogP contribution in [0.4, 0.5) is 0 Å². The van der Waals surface area contributed by atoms with Crippen LogP contribution in [0.2, 0.25) is 0 Å². The van der Waals surface area contributed by atoms with E-state index in [1.165, 1.54) is 0 Å². The lowest BCUT2D eigenvalue weighted by Gasteiger charge is -2.31. The summed E-state index contributed by atoms with van der Waals surface area (Å²) in [6.45, 7) is 4.13. The van der Waals surface area contributed by atoms with E-state index in [4.69, 9.17) is 4.74 Å². The number of methoxy groups -OCH3 is 1. The van der Waals surface area contributed by atoms with E-state index in [0.717, 1.165) is 21.3 Å². The van der Waals surface area contributed by atoms with Crippen LogP contribution in [0.5, 0.6) is 5.75 Å². The lowest BCUT2D eigenvalue weighted by Crippen LogP contribution is -2.35. The van der Waals surface area contributed by atoms with Gasteiger partial charge in [0.2, 0.25) is 0 Å². The van der Waals surface area contributed by atoms with Crippen molar-refractivity contribution in [3.63, 3.8) is 0 Å². The monoisotopic (exact) mass is 348 g/mol. The number of hydrogen-bond acceptors (Lipinski definition) is 2. The normalized spacial score (nSPS) is 13.0. The van der Waals surface area contributed by atoms with E-state index in [2.05, 4.69) is 41.9 Å². The first kappa shape index (κ1) is 16.1. The number of halogens is 1. The highest BCUT2D eigenvalue weighted by molar-refractivity contribution is 9.10. The lowest BCUT2D eigenvalue weighted by molar-refractivity contribution is 0.0993. The van der Waals surface area contributed by atoms with Crippen LogP contribution in [-0.4, -0.2) is 18.3 Å². The van der Waals surface area contributed by atoms with Crippen molar-refractivity contribution in [1.29, 1.82) is 0 Å². The van der Waals surface area contributed by atoms with Gasteiger partial charge in [0, 0.05) is 16.3 Å². The molecule has 1 atom stereocenters. The lowest BCUT2D eigenvalue weighted by atomic mass is 9.77.